The smallest absolute Gasteiger partial charge is 0.231 e. The molecular weight excluding hydrogens is 247 g/mol. The van der Waals surface area contributed by atoms with Gasteiger partial charge in [0.25, 0.3) is 0 Å². The first-order valence-electron chi connectivity index (χ1n) is 6.30. The summed E-state index contributed by atoms with van der Waals surface area (Å²) in [6.07, 6.45) is 0.724. The van der Waals surface area contributed by atoms with Gasteiger partial charge in [-0.1, -0.05) is 6.92 Å². The van der Waals surface area contributed by atoms with E-state index in [1.165, 1.54) is 30.2 Å². The standard InChI is InChI=1S/C14H21FN2O2/c1-5-10(9-16-2)14(18)17(3)12-8-11(15)6-7-13(12)19-4/h6-8,10,16H,5,9H2,1-4H3. The maximum atomic E-state index is 13.3. The van der Waals surface area contributed by atoms with Crippen molar-refractivity contribution in [1.29, 1.82) is 0 Å². The Labute approximate surface area is 113 Å². The molecule has 1 N–H and O–H groups in total. The number of nitrogens with zero attached hydrogens (tertiary/aromatic N) is 1. The van der Waals surface area contributed by atoms with Crippen LogP contribution in [-0.2, 0) is 4.79 Å². The van der Waals surface area contributed by atoms with E-state index in [0.29, 0.717) is 18.0 Å². The third kappa shape index (κ3) is 3.67. The maximum absolute atomic E-state index is 13.3. The van der Waals surface area contributed by atoms with Gasteiger partial charge in [-0.05, 0) is 25.6 Å². The Bertz CT molecular complexity index is 437. The highest BCUT2D eigenvalue weighted by atomic mass is 19.1. The Hall–Kier alpha value is -1.62. The van der Waals surface area contributed by atoms with Crippen molar-refractivity contribution >= 4 is 11.6 Å². The number of hydrogen-bond donors (Lipinski definition) is 1. The molecule has 0 aliphatic heterocycles. The van der Waals surface area contributed by atoms with Gasteiger partial charge in [0, 0.05) is 19.7 Å². The van der Waals surface area contributed by atoms with Gasteiger partial charge in [0.1, 0.15) is 11.6 Å². The van der Waals surface area contributed by atoms with Gasteiger partial charge in [0.15, 0.2) is 0 Å². The van der Waals surface area contributed by atoms with Crippen LogP contribution in [0, 0.1) is 11.7 Å². The molecule has 0 aliphatic rings. The Morgan fingerprint density at radius 1 is 1.53 bits per heavy atom. The minimum Gasteiger partial charge on any atom is -0.495 e. The van der Waals surface area contributed by atoms with Gasteiger partial charge in [-0.25, -0.2) is 4.39 Å². The molecule has 0 aromatic heterocycles. The summed E-state index contributed by atoms with van der Waals surface area (Å²) in [7, 11) is 4.94. The van der Waals surface area contributed by atoms with E-state index in [1.54, 1.807) is 14.1 Å². The summed E-state index contributed by atoms with van der Waals surface area (Å²) >= 11 is 0. The fraction of sp³-hybridized carbons (Fsp3) is 0.500. The molecule has 1 aromatic rings. The van der Waals surface area contributed by atoms with E-state index in [-0.39, 0.29) is 11.8 Å². The number of amides is 1. The van der Waals surface area contributed by atoms with Crippen molar-refractivity contribution in [1.82, 2.24) is 5.32 Å². The lowest BCUT2D eigenvalue weighted by Gasteiger charge is -2.24. The van der Waals surface area contributed by atoms with E-state index < -0.39 is 5.82 Å². The van der Waals surface area contributed by atoms with Gasteiger partial charge in [-0.3, -0.25) is 4.79 Å². The second-order valence-corrected chi connectivity index (χ2v) is 4.38. The lowest BCUT2D eigenvalue weighted by atomic mass is 10.0. The molecule has 0 heterocycles. The fourth-order valence-electron chi connectivity index (χ4n) is 1.97. The molecule has 19 heavy (non-hydrogen) atoms. The average molecular weight is 268 g/mol. The molecule has 0 bridgehead atoms. The summed E-state index contributed by atoms with van der Waals surface area (Å²) in [6, 6.07) is 4.14. The quantitative estimate of drug-likeness (QED) is 0.858. The van der Waals surface area contributed by atoms with Crippen LogP contribution in [0.2, 0.25) is 0 Å². The summed E-state index contributed by atoms with van der Waals surface area (Å²) in [4.78, 5) is 13.8. The number of benzene rings is 1. The van der Waals surface area contributed by atoms with Crippen LogP contribution >= 0.6 is 0 Å². The molecule has 1 aromatic carbocycles. The van der Waals surface area contributed by atoms with Crippen LogP contribution in [0.4, 0.5) is 10.1 Å². The van der Waals surface area contributed by atoms with Gasteiger partial charge in [0.05, 0.1) is 18.7 Å². The molecule has 1 unspecified atom stereocenters. The summed E-state index contributed by atoms with van der Waals surface area (Å²) in [6.45, 7) is 2.55. The third-order valence-corrected chi connectivity index (χ3v) is 3.13. The molecule has 0 fully saturated rings. The van der Waals surface area contributed by atoms with Gasteiger partial charge in [-0.15, -0.1) is 0 Å². The Kier molecular flexibility index (Phi) is 5.76. The molecule has 0 saturated heterocycles. The molecule has 0 spiro atoms. The second-order valence-electron chi connectivity index (χ2n) is 4.38. The van der Waals surface area contributed by atoms with E-state index in [2.05, 4.69) is 5.32 Å². The van der Waals surface area contributed by atoms with Crippen molar-refractivity contribution < 1.29 is 13.9 Å². The molecular formula is C14H21FN2O2. The van der Waals surface area contributed by atoms with Crippen LogP contribution in [-0.4, -0.2) is 33.7 Å². The molecule has 0 saturated carbocycles. The zero-order chi connectivity index (χ0) is 14.4. The molecule has 4 nitrogen and oxygen atoms in total. The normalized spacial score (nSPS) is 12.1. The largest absolute Gasteiger partial charge is 0.495 e. The van der Waals surface area contributed by atoms with Crippen molar-refractivity contribution in [2.45, 2.75) is 13.3 Å². The van der Waals surface area contributed by atoms with Gasteiger partial charge >= 0.3 is 0 Å². The summed E-state index contributed by atoms with van der Waals surface area (Å²) in [5, 5.41) is 2.99. The summed E-state index contributed by atoms with van der Waals surface area (Å²) < 4.78 is 18.5. The highest BCUT2D eigenvalue weighted by Gasteiger charge is 2.23. The van der Waals surface area contributed by atoms with Crippen molar-refractivity contribution in [3.63, 3.8) is 0 Å². The van der Waals surface area contributed by atoms with Crippen LogP contribution in [0.25, 0.3) is 0 Å². The number of hydrogen-bond acceptors (Lipinski definition) is 3. The number of ether oxygens (including phenoxy) is 1. The van der Waals surface area contributed by atoms with Crippen LogP contribution < -0.4 is 15.0 Å². The van der Waals surface area contributed by atoms with Crippen LogP contribution in [0.15, 0.2) is 18.2 Å². The topological polar surface area (TPSA) is 41.6 Å². The number of anilines is 1. The molecule has 106 valence electrons. The van der Waals surface area contributed by atoms with E-state index in [1.807, 2.05) is 6.92 Å². The number of halogens is 1. The molecule has 5 heteroatoms. The van der Waals surface area contributed by atoms with Gasteiger partial charge < -0.3 is 15.0 Å². The Balaban J connectivity index is 3.01. The predicted molar refractivity (Wildman–Crippen MR) is 74.1 cm³/mol. The lowest BCUT2D eigenvalue weighted by molar-refractivity contribution is -0.122. The van der Waals surface area contributed by atoms with Crippen LogP contribution in [0.3, 0.4) is 0 Å². The van der Waals surface area contributed by atoms with Crippen molar-refractivity contribution in [2.75, 3.05) is 32.6 Å². The predicted octanol–water partition coefficient (Wildman–Crippen LogP) is 2.04. The third-order valence-electron chi connectivity index (χ3n) is 3.13. The first-order valence-corrected chi connectivity index (χ1v) is 6.30. The number of carbonyl (C=O) groups is 1. The molecule has 0 aliphatic carbocycles. The van der Waals surface area contributed by atoms with Crippen LogP contribution in [0.5, 0.6) is 5.75 Å². The van der Waals surface area contributed by atoms with E-state index in [4.69, 9.17) is 4.74 Å². The van der Waals surface area contributed by atoms with Gasteiger partial charge in [0.2, 0.25) is 5.91 Å². The first kappa shape index (κ1) is 15.4. The summed E-state index contributed by atoms with van der Waals surface area (Å²) in [5.41, 5.74) is 0.446. The number of methoxy groups -OCH3 is 1. The van der Waals surface area contributed by atoms with Crippen molar-refractivity contribution in [3.05, 3.63) is 24.0 Å². The van der Waals surface area contributed by atoms with Crippen molar-refractivity contribution in [2.24, 2.45) is 5.92 Å². The van der Waals surface area contributed by atoms with Gasteiger partial charge in [-0.2, -0.15) is 0 Å². The Morgan fingerprint density at radius 3 is 2.74 bits per heavy atom. The highest BCUT2D eigenvalue weighted by Crippen LogP contribution is 2.29. The molecule has 1 amide bonds. The maximum Gasteiger partial charge on any atom is 0.231 e. The van der Waals surface area contributed by atoms with Crippen molar-refractivity contribution in [3.8, 4) is 5.75 Å². The Morgan fingerprint density at radius 2 is 2.21 bits per heavy atom. The number of rotatable bonds is 6. The minimum atomic E-state index is -0.392. The minimum absolute atomic E-state index is 0.0549. The number of nitrogens with one attached hydrogen (secondary N) is 1. The SMILES string of the molecule is CCC(CNC)C(=O)N(C)c1cc(F)ccc1OC. The molecule has 1 atom stereocenters. The first-order chi connectivity index (χ1) is 9.04. The highest BCUT2D eigenvalue weighted by molar-refractivity contribution is 5.96. The van der Waals surface area contributed by atoms with Crippen LogP contribution in [0.1, 0.15) is 13.3 Å². The fourth-order valence-corrected chi connectivity index (χ4v) is 1.97. The van der Waals surface area contributed by atoms with E-state index >= 15 is 0 Å². The molecule has 0 radical (unpaired) electrons. The van der Waals surface area contributed by atoms with E-state index in [9.17, 15) is 9.18 Å². The van der Waals surface area contributed by atoms with E-state index in [0.717, 1.165) is 6.42 Å². The zero-order valence-electron chi connectivity index (χ0n) is 11.9. The summed E-state index contributed by atoms with van der Waals surface area (Å²) in [5.74, 6) is -0.0996. The second kappa shape index (κ2) is 7.09. The monoisotopic (exact) mass is 268 g/mol. The molecule has 1 rings (SSSR count). The average Bonchev–Trinajstić information content (AvgIpc) is 2.43. The number of carbonyl (C=O) groups excluding carboxylic acids is 1. The lowest BCUT2D eigenvalue weighted by Crippen LogP contribution is -2.37. The zero-order valence-corrected chi connectivity index (χ0v) is 11.9.